The molecule has 4 rings (SSSR count). The van der Waals surface area contributed by atoms with Crippen molar-refractivity contribution in [1.82, 2.24) is 4.90 Å². The molecule has 3 aromatic carbocycles. The number of methoxy groups -OCH3 is 2. The average molecular weight is 500 g/mol. The van der Waals surface area contributed by atoms with Crippen LogP contribution in [0.15, 0.2) is 72.3 Å². The lowest BCUT2D eigenvalue weighted by atomic mass is 9.85. The summed E-state index contributed by atoms with van der Waals surface area (Å²) in [4.78, 5) is 28.4. The summed E-state index contributed by atoms with van der Waals surface area (Å²) in [5, 5.41) is 11.5. The second kappa shape index (κ2) is 10.1. The number of carbonyl (C=O) groups excluding carboxylic acids is 2. The van der Waals surface area contributed by atoms with Gasteiger partial charge in [-0.15, -0.1) is 0 Å². The van der Waals surface area contributed by atoms with Crippen molar-refractivity contribution >= 4 is 17.4 Å². The molecule has 1 amide bonds. The molecule has 6 heteroatoms. The highest BCUT2D eigenvalue weighted by Gasteiger charge is 2.46. The number of rotatable bonds is 6. The van der Waals surface area contributed by atoms with Crippen molar-refractivity contribution in [2.45, 2.75) is 45.7 Å². The van der Waals surface area contributed by atoms with Crippen LogP contribution < -0.4 is 9.47 Å². The SMILES string of the molecule is COc1ccc(/C(O)=C2/C(=O)C(=O)N(Cc3ccccc3OC)C2c2ccc(C(C)(C)C)cc2)c(C)c1. The number of benzene rings is 3. The van der Waals surface area contributed by atoms with Crippen LogP contribution in [-0.4, -0.2) is 35.9 Å². The number of aryl methyl sites for hydroxylation is 1. The first-order valence-electron chi connectivity index (χ1n) is 12.2. The third kappa shape index (κ3) is 4.96. The first-order chi connectivity index (χ1) is 17.6. The van der Waals surface area contributed by atoms with E-state index in [1.807, 2.05) is 55.5 Å². The highest BCUT2D eigenvalue weighted by atomic mass is 16.5. The largest absolute Gasteiger partial charge is 0.507 e. The van der Waals surface area contributed by atoms with E-state index in [0.717, 1.165) is 22.3 Å². The Morgan fingerprint density at radius 2 is 1.62 bits per heavy atom. The molecule has 0 saturated carbocycles. The molecular weight excluding hydrogens is 466 g/mol. The lowest BCUT2D eigenvalue weighted by Gasteiger charge is -2.27. The van der Waals surface area contributed by atoms with E-state index < -0.39 is 17.7 Å². The molecule has 1 N–H and O–H groups in total. The van der Waals surface area contributed by atoms with Crippen LogP contribution in [0.2, 0.25) is 0 Å². The third-order valence-corrected chi connectivity index (χ3v) is 6.85. The molecule has 0 spiro atoms. The van der Waals surface area contributed by atoms with Gasteiger partial charge in [0.05, 0.1) is 32.4 Å². The van der Waals surface area contributed by atoms with Gasteiger partial charge in [0.25, 0.3) is 11.7 Å². The minimum absolute atomic E-state index is 0.0576. The summed E-state index contributed by atoms with van der Waals surface area (Å²) in [6.07, 6.45) is 0. The van der Waals surface area contributed by atoms with E-state index in [1.54, 1.807) is 32.4 Å². The van der Waals surface area contributed by atoms with Crippen LogP contribution in [0.4, 0.5) is 0 Å². The fourth-order valence-electron chi connectivity index (χ4n) is 4.75. The van der Waals surface area contributed by atoms with E-state index >= 15 is 0 Å². The number of aliphatic hydroxyl groups is 1. The monoisotopic (exact) mass is 499 g/mol. The number of hydrogen-bond donors (Lipinski definition) is 1. The number of amides is 1. The molecule has 192 valence electrons. The minimum atomic E-state index is -0.763. The summed E-state index contributed by atoms with van der Waals surface area (Å²) in [5.41, 5.74) is 3.86. The summed E-state index contributed by atoms with van der Waals surface area (Å²) in [6.45, 7) is 8.36. The Kier molecular flexibility index (Phi) is 7.12. The number of Topliss-reactive ketones (excluding diaryl/α,β-unsaturated/α-hetero) is 1. The van der Waals surface area contributed by atoms with E-state index in [0.29, 0.717) is 17.1 Å². The predicted molar refractivity (Wildman–Crippen MR) is 144 cm³/mol. The molecule has 1 aliphatic rings. The van der Waals surface area contributed by atoms with Gasteiger partial charge in [-0.05, 0) is 53.3 Å². The molecule has 0 aliphatic carbocycles. The Morgan fingerprint density at radius 1 is 0.946 bits per heavy atom. The van der Waals surface area contributed by atoms with Crippen LogP contribution in [-0.2, 0) is 21.5 Å². The van der Waals surface area contributed by atoms with Gasteiger partial charge in [0, 0.05) is 11.1 Å². The molecule has 0 bridgehead atoms. The van der Waals surface area contributed by atoms with Gasteiger partial charge in [0.15, 0.2) is 0 Å². The number of hydrogen-bond acceptors (Lipinski definition) is 5. The molecule has 1 fully saturated rings. The summed E-state index contributed by atoms with van der Waals surface area (Å²) in [6, 6.07) is 19.7. The molecule has 37 heavy (non-hydrogen) atoms. The second-order valence-electron chi connectivity index (χ2n) is 10.3. The van der Waals surface area contributed by atoms with Gasteiger partial charge >= 0.3 is 0 Å². The average Bonchev–Trinajstić information content (AvgIpc) is 3.13. The van der Waals surface area contributed by atoms with Crippen molar-refractivity contribution in [3.63, 3.8) is 0 Å². The Balaban J connectivity index is 1.89. The zero-order chi connectivity index (χ0) is 26.9. The van der Waals surface area contributed by atoms with Crippen LogP contribution >= 0.6 is 0 Å². The quantitative estimate of drug-likeness (QED) is 0.258. The van der Waals surface area contributed by atoms with E-state index in [-0.39, 0.29) is 23.3 Å². The maximum Gasteiger partial charge on any atom is 0.295 e. The van der Waals surface area contributed by atoms with Crippen LogP contribution in [0.5, 0.6) is 11.5 Å². The molecule has 0 radical (unpaired) electrons. The number of likely N-dealkylation sites (tertiary alicyclic amines) is 1. The van der Waals surface area contributed by atoms with E-state index in [9.17, 15) is 14.7 Å². The van der Waals surface area contributed by atoms with Gasteiger partial charge in [-0.25, -0.2) is 0 Å². The molecule has 1 atom stereocenters. The fourth-order valence-corrected chi connectivity index (χ4v) is 4.75. The maximum atomic E-state index is 13.5. The Hall–Kier alpha value is -4.06. The van der Waals surface area contributed by atoms with Gasteiger partial charge < -0.3 is 19.5 Å². The molecule has 3 aromatic rings. The first-order valence-corrected chi connectivity index (χ1v) is 12.2. The van der Waals surface area contributed by atoms with Crippen molar-refractivity contribution in [3.8, 4) is 11.5 Å². The summed E-state index contributed by atoms with van der Waals surface area (Å²) in [7, 11) is 3.14. The zero-order valence-corrected chi connectivity index (χ0v) is 22.2. The van der Waals surface area contributed by atoms with E-state index in [2.05, 4.69) is 20.8 Å². The van der Waals surface area contributed by atoms with Crippen molar-refractivity contribution in [1.29, 1.82) is 0 Å². The van der Waals surface area contributed by atoms with Crippen molar-refractivity contribution < 1.29 is 24.2 Å². The lowest BCUT2D eigenvalue weighted by molar-refractivity contribution is -0.140. The van der Waals surface area contributed by atoms with Crippen molar-refractivity contribution in [2.24, 2.45) is 0 Å². The van der Waals surface area contributed by atoms with Crippen LogP contribution in [0.3, 0.4) is 0 Å². The highest BCUT2D eigenvalue weighted by molar-refractivity contribution is 6.46. The maximum absolute atomic E-state index is 13.5. The number of para-hydroxylation sites is 1. The number of nitrogens with zero attached hydrogens (tertiary/aromatic N) is 1. The van der Waals surface area contributed by atoms with Gasteiger partial charge in [0.2, 0.25) is 0 Å². The topological polar surface area (TPSA) is 76.1 Å². The molecule has 1 heterocycles. The van der Waals surface area contributed by atoms with Crippen LogP contribution in [0, 0.1) is 6.92 Å². The predicted octanol–water partition coefficient (Wildman–Crippen LogP) is 5.93. The highest BCUT2D eigenvalue weighted by Crippen LogP contribution is 2.42. The molecule has 1 unspecified atom stereocenters. The number of carbonyl (C=O) groups is 2. The second-order valence-corrected chi connectivity index (χ2v) is 10.3. The number of ketones is 1. The number of ether oxygens (including phenoxy) is 2. The smallest absolute Gasteiger partial charge is 0.295 e. The van der Waals surface area contributed by atoms with Crippen LogP contribution in [0.1, 0.15) is 54.6 Å². The summed E-state index contributed by atoms with van der Waals surface area (Å²) < 4.78 is 10.8. The molecule has 1 saturated heterocycles. The minimum Gasteiger partial charge on any atom is -0.507 e. The van der Waals surface area contributed by atoms with Gasteiger partial charge in [-0.1, -0.05) is 63.2 Å². The summed E-state index contributed by atoms with van der Waals surface area (Å²) in [5.74, 6) is -0.320. The normalized spacial score (nSPS) is 17.2. The van der Waals surface area contributed by atoms with Crippen LogP contribution in [0.25, 0.3) is 5.76 Å². The molecule has 0 aromatic heterocycles. The summed E-state index contributed by atoms with van der Waals surface area (Å²) >= 11 is 0. The van der Waals surface area contributed by atoms with Gasteiger partial charge in [0.1, 0.15) is 17.3 Å². The van der Waals surface area contributed by atoms with Gasteiger partial charge in [-0.3, -0.25) is 9.59 Å². The van der Waals surface area contributed by atoms with Gasteiger partial charge in [-0.2, -0.15) is 0 Å². The Labute approximate surface area is 218 Å². The lowest BCUT2D eigenvalue weighted by Crippen LogP contribution is -2.29. The standard InChI is InChI=1S/C31H33NO5/c1-19-17-23(36-5)15-16-24(19)28(33)26-27(20-11-13-22(14-12-20)31(2,3)4)32(30(35)29(26)34)18-21-9-7-8-10-25(21)37-6/h7-17,27,33H,18H2,1-6H3/b28-26-. The van der Waals surface area contributed by atoms with Crippen molar-refractivity contribution in [2.75, 3.05) is 14.2 Å². The fraction of sp³-hybridized carbons (Fsp3) is 0.290. The Bertz CT molecular complexity index is 1370. The van der Waals surface area contributed by atoms with Crippen molar-refractivity contribution in [3.05, 3.63) is 100 Å². The third-order valence-electron chi connectivity index (χ3n) is 6.85. The van der Waals surface area contributed by atoms with E-state index in [1.165, 1.54) is 4.90 Å². The molecule has 6 nitrogen and oxygen atoms in total. The molecular formula is C31H33NO5. The zero-order valence-electron chi connectivity index (χ0n) is 22.2. The van der Waals surface area contributed by atoms with E-state index in [4.69, 9.17) is 9.47 Å². The Morgan fingerprint density at radius 3 is 2.22 bits per heavy atom. The first kappa shape index (κ1) is 26.0. The molecule has 1 aliphatic heterocycles. The number of aliphatic hydroxyl groups excluding tert-OH is 1.